The van der Waals surface area contributed by atoms with Gasteiger partial charge in [0.25, 0.3) is 5.56 Å². The first kappa shape index (κ1) is 25.0. The van der Waals surface area contributed by atoms with Gasteiger partial charge in [-0.2, -0.15) is 5.10 Å². The van der Waals surface area contributed by atoms with E-state index in [0.29, 0.717) is 30.0 Å². The number of hydrogen-bond donors (Lipinski definition) is 0. The molecule has 1 fully saturated rings. The van der Waals surface area contributed by atoms with E-state index in [2.05, 4.69) is 5.10 Å². The molecule has 0 unspecified atom stereocenters. The standard InChI is InChI=1S/C29H31N3O4S/c1-20-24-11-5-6-12-25(24)29(34)32(30-20)18-28(33)31(22-8-3-4-9-22)17-21-13-14-26(35-2)27(16-21)36-19-23-10-7-15-37-23/h5-7,10-16,22H,3-4,8-9,17-19H2,1-2H3. The van der Waals surface area contributed by atoms with E-state index in [1.807, 2.05) is 65.7 Å². The van der Waals surface area contributed by atoms with Gasteiger partial charge in [-0.3, -0.25) is 9.59 Å². The third-order valence-corrected chi connectivity index (χ3v) is 7.80. The van der Waals surface area contributed by atoms with Crippen molar-refractivity contribution in [2.45, 2.75) is 58.3 Å². The van der Waals surface area contributed by atoms with Crippen molar-refractivity contribution in [3.63, 3.8) is 0 Å². The van der Waals surface area contributed by atoms with Crippen LogP contribution in [0, 0.1) is 6.92 Å². The van der Waals surface area contributed by atoms with Gasteiger partial charge in [-0.25, -0.2) is 4.68 Å². The van der Waals surface area contributed by atoms with Crippen LogP contribution in [0.25, 0.3) is 10.8 Å². The summed E-state index contributed by atoms with van der Waals surface area (Å²) in [7, 11) is 1.62. The fourth-order valence-electron chi connectivity index (χ4n) is 5.04. The van der Waals surface area contributed by atoms with Gasteiger partial charge in [-0.05, 0) is 55.0 Å². The Labute approximate surface area is 220 Å². The maximum absolute atomic E-state index is 13.7. The van der Waals surface area contributed by atoms with Gasteiger partial charge in [0.1, 0.15) is 13.2 Å². The van der Waals surface area contributed by atoms with Crippen molar-refractivity contribution in [3.8, 4) is 11.5 Å². The summed E-state index contributed by atoms with van der Waals surface area (Å²) in [5, 5.41) is 7.88. The van der Waals surface area contributed by atoms with Crippen LogP contribution in [-0.4, -0.2) is 33.7 Å². The molecular formula is C29H31N3O4S. The zero-order valence-corrected chi connectivity index (χ0v) is 22.0. The predicted molar refractivity (Wildman–Crippen MR) is 145 cm³/mol. The number of ether oxygens (including phenoxy) is 2. The van der Waals surface area contributed by atoms with Gasteiger partial charge in [-0.15, -0.1) is 11.3 Å². The molecule has 0 radical (unpaired) electrons. The largest absolute Gasteiger partial charge is 0.493 e. The molecule has 1 aliphatic rings. The number of amides is 1. The molecule has 192 valence electrons. The van der Waals surface area contributed by atoms with Gasteiger partial charge in [0, 0.05) is 22.8 Å². The number of benzene rings is 2. The van der Waals surface area contributed by atoms with E-state index in [1.165, 1.54) is 4.68 Å². The van der Waals surface area contributed by atoms with Crippen LogP contribution in [0.5, 0.6) is 11.5 Å². The fourth-order valence-corrected chi connectivity index (χ4v) is 5.66. The number of carbonyl (C=O) groups excluding carboxylic acids is 1. The summed E-state index contributed by atoms with van der Waals surface area (Å²) >= 11 is 1.64. The van der Waals surface area contributed by atoms with Gasteiger partial charge in [0.2, 0.25) is 5.91 Å². The van der Waals surface area contributed by atoms with E-state index in [4.69, 9.17) is 9.47 Å². The van der Waals surface area contributed by atoms with Crippen molar-refractivity contribution in [1.82, 2.24) is 14.7 Å². The molecule has 2 heterocycles. The van der Waals surface area contributed by atoms with Crippen LogP contribution >= 0.6 is 11.3 Å². The number of fused-ring (bicyclic) bond motifs is 1. The minimum absolute atomic E-state index is 0.0844. The molecule has 0 N–H and O–H groups in total. The van der Waals surface area contributed by atoms with Crippen LogP contribution in [0.1, 0.15) is 41.8 Å². The summed E-state index contributed by atoms with van der Waals surface area (Å²) in [4.78, 5) is 29.8. The minimum Gasteiger partial charge on any atom is -0.493 e. The summed E-state index contributed by atoms with van der Waals surface area (Å²) in [6.45, 7) is 2.67. The zero-order valence-electron chi connectivity index (χ0n) is 21.2. The molecule has 1 saturated carbocycles. The lowest BCUT2D eigenvalue weighted by Gasteiger charge is -2.29. The molecule has 2 aromatic carbocycles. The molecule has 7 nitrogen and oxygen atoms in total. The van der Waals surface area contributed by atoms with Gasteiger partial charge in [-0.1, -0.05) is 43.2 Å². The average Bonchev–Trinajstić information content (AvgIpc) is 3.64. The SMILES string of the molecule is COc1ccc(CN(C(=O)Cn2nc(C)c3ccccc3c2=O)C2CCCC2)cc1OCc1cccs1. The minimum atomic E-state index is -0.241. The molecule has 2 aromatic heterocycles. The Hall–Kier alpha value is -3.65. The van der Waals surface area contributed by atoms with E-state index in [9.17, 15) is 9.59 Å². The molecule has 1 aliphatic carbocycles. The number of aryl methyl sites for hydroxylation is 1. The first-order chi connectivity index (χ1) is 18.0. The molecule has 5 rings (SSSR count). The van der Waals surface area contributed by atoms with Crippen LogP contribution in [-0.2, 0) is 24.5 Å². The van der Waals surface area contributed by atoms with Crippen molar-refractivity contribution < 1.29 is 14.3 Å². The molecule has 37 heavy (non-hydrogen) atoms. The second kappa shape index (κ2) is 11.2. The second-order valence-electron chi connectivity index (χ2n) is 9.41. The second-order valence-corrected chi connectivity index (χ2v) is 10.4. The highest BCUT2D eigenvalue weighted by Crippen LogP contribution is 2.31. The lowest BCUT2D eigenvalue weighted by Crippen LogP contribution is -2.42. The number of thiophene rings is 1. The predicted octanol–water partition coefficient (Wildman–Crippen LogP) is 5.33. The Morgan fingerprint density at radius 1 is 1.08 bits per heavy atom. The summed E-state index contributed by atoms with van der Waals surface area (Å²) in [6.07, 6.45) is 4.12. The first-order valence-corrected chi connectivity index (χ1v) is 13.5. The van der Waals surface area contributed by atoms with Crippen LogP contribution in [0.15, 0.2) is 64.8 Å². The topological polar surface area (TPSA) is 73.7 Å². The number of methoxy groups -OCH3 is 1. The van der Waals surface area contributed by atoms with Gasteiger partial charge in [0.05, 0.1) is 18.2 Å². The lowest BCUT2D eigenvalue weighted by molar-refractivity contribution is -0.135. The Morgan fingerprint density at radius 3 is 2.59 bits per heavy atom. The first-order valence-electron chi connectivity index (χ1n) is 12.6. The van der Waals surface area contributed by atoms with E-state index >= 15 is 0 Å². The molecule has 0 saturated heterocycles. The van der Waals surface area contributed by atoms with Gasteiger partial charge in [0.15, 0.2) is 11.5 Å². The van der Waals surface area contributed by atoms with Crippen LogP contribution in [0.2, 0.25) is 0 Å². The molecule has 0 spiro atoms. The third-order valence-electron chi connectivity index (χ3n) is 6.95. The number of hydrogen-bond acceptors (Lipinski definition) is 6. The molecule has 0 atom stereocenters. The summed E-state index contributed by atoms with van der Waals surface area (Å²) < 4.78 is 12.9. The average molecular weight is 518 g/mol. The van der Waals surface area contributed by atoms with Crippen molar-refractivity contribution in [2.75, 3.05) is 7.11 Å². The molecule has 4 aromatic rings. The molecule has 0 aliphatic heterocycles. The van der Waals surface area contributed by atoms with Gasteiger partial charge < -0.3 is 14.4 Å². The maximum Gasteiger partial charge on any atom is 0.275 e. The number of carbonyl (C=O) groups is 1. The van der Waals surface area contributed by atoms with Crippen LogP contribution < -0.4 is 15.0 Å². The summed E-state index contributed by atoms with van der Waals surface area (Å²) in [5.41, 5.74) is 1.45. The smallest absolute Gasteiger partial charge is 0.275 e. The zero-order chi connectivity index (χ0) is 25.8. The molecule has 1 amide bonds. The van der Waals surface area contributed by atoms with Gasteiger partial charge >= 0.3 is 0 Å². The van der Waals surface area contributed by atoms with E-state index in [0.717, 1.165) is 47.2 Å². The number of nitrogens with zero attached hydrogens (tertiary/aromatic N) is 3. The van der Waals surface area contributed by atoms with E-state index < -0.39 is 0 Å². The highest BCUT2D eigenvalue weighted by Gasteiger charge is 2.28. The van der Waals surface area contributed by atoms with E-state index in [1.54, 1.807) is 24.5 Å². The lowest BCUT2D eigenvalue weighted by atomic mass is 10.1. The van der Waals surface area contributed by atoms with Crippen molar-refractivity contribution in [1.29, 1.82) is 0 Å². The Morgan fingerprint density at radius 2 is 1.86 bits per heavy atom. The number of aromatic nitrogens is 2. The fraction of sp³-hybridized carbons (Fsp3) is 0.345. The van der Waals surface area contributed by atoms with Crippen molar-refractivity contribution in [3.05, 3.63) is 86.5 Å². The molecular weight excluding hydrogens is 486 g/mol. The van der Waals surface area contributed by atoms with Crippen molar-refractivity contribution >= 4 is 28.0 Å². The highest BCUT2D eigenvalue weighted by molar-refractivity contribution is 7.09. The monoisotopic (exact) mass is 517 g/mol. The Kier molecular flexibility index (Phi) is 7.55. The highest BCUT2D eigenvalue weighted by atomic mass is 32.1. The quantitative estimate of drug-likeness (QED) is 0.300. The maximum atomic E-state index is 13.7. The van der Waals surface area contributed by atoms with E-state index in [-0.39, 0.29) is 24.1 Å². The normalized spacial score (nSPS) is 13.7. The molecule has 0 bridgehead atoms. The van der Waals surface area contributed by atoms with Crippen LogP contribution in [0.4, 0.5) is 0 Å². The number of rotatable bonds is 9. The Bertz CT molecular complexity index is 1440. The Balaban J connectivity index is 1.39. The molecule has 8 heteroatoms. The summed E-state index contributed by atoms with van der Waals surface area (Å²) in [5.74, 6) is 1.20. The van der Waals surface area contributed by atoms with Crippen LogP contribution in [0.3, 0.4) is 0 Å². The van der Waals surface area contributed by atoms with Crippen molar-refractivity contribution in [2.24, 2.45) is 0 Å². The summed E-state index contributed by atoms with van der Waals surface area (Å²) in [6, 6.07) is 17.4. The third kappa shape index (κ3) is 5.54.